The molecular formula is C27H38FNO9. The SMILES string of the molecule is CCOC(=O)C(CCCC[C@H]1CO[C@@](C)(C(=O)OCC)OC1)(NC(=O)c1ccc(C)c(F)c1)C(=O)OCC. The van der Waals surface area contributed by atoms with Crippen LogP contribution in [-0.4, -0.2) is 68.2 Å². The Morgan fingerprint density at radius 2 is 1.58 bits per heavy atom. The number of nitrogens with one attached hydrogen (secondary N) is 1. The van der Waals surface area contributed by atoms with Crippen molar-refractivity contribution in [2.24, 2.45) is 5.92 Å². The van der Waals surface area contributed by atoms with Crippen molar-refractivity contribution in [1.82, 2.24) is 5.32 Å². The molecule has 0 unspecified atom stereocenters. The van der Waals surface area contributed by atoms with Gasteiger partial charge in [0.15, 0.2) is 0 Å². The summed E-state index contributed by atoms with van der Waals surface area (Å²) in [5, 5.41) is 2.48. The lowest BCUT2D eigenvalue weighted by molar-refractivity contribution is -0.274. The van der Waals surface area contributed by atoms with E-state index >= 15 is 0 Å². The molecule has 0 aliphatic carbocycles. The van der Waals surface area contributed by atoms with Crippen molar-refractivity contribution in [3.8, 4) is 0 Å². The van der Waals surface area contributed by atoms with Crippen molar-refractivity contribution in [3.63, 3.8) is 0 Å². The van der Waals surface area contributed by atoms with Crippen LogP contribution in [0.15, 0.2) is 18.2 Å². The van der Waals surface area contributed by atoms with Gasteiger partial charge < -0.3 is 29.0 Å². The molecule has 0 aromatic heterocycles. The quantitative estimate of drug-likeness (QED) is 0.174. The predicted octanol–water partition coefficient (Wildman–Crippen LogP) is 3.23. The third-order valence-electron chi connectivity index (χ3n) is 6.26. The number of unbranched alkanes of at least 4 members (excludes halogenated alkanes) is 1. The van der Waals surface area contributed by atoms with Crippen molar-refractivity contribution in [2.45, 2.75) is 71.6 Å². The molecule has 0 bridgehead atoms. The highest BCUT2D eigenvalue weighted by atomic mass is 19.1. The van der Waals surface area contributed by atoms with E-state index in [2.05, 4.69) is 5.32 Å². The Morgan fingerprint density at radius 1 is 1.00 bits per heavy atom. The Labute approximate surface area is 222 Å². The summed E-state index contributed by atoms with van der Waals surface area (Å²) in [5.41, 5.74) is -1.80. The molecule has 1 amide bonds. The molecule has 1 aliphatic rings. The van der Waals surface area contributed by atoms with Crippen LogP contribution < -0.4 is 5.32 Å². The van der Waals surface area contributed by atoms with Gasteiger partial charge in [-0.3, -0.25) is 4.79 Å². The number of hydrogen-bond donors (Lipinski definition) is 1. The number of ether oxygens (including phenoxy) is 5. The molecule has 1 saturated heterocycles. The second-order valence-corrected chi connectivity index (χ2v) is 9.16. The molecule has 1 N–H and O–H groups in total. The normalized spacial score (nSPS) is 19.4. The lowest BCUT2D eigenvalue weighted by atomic mass is 9.90. The van der Waals surface area contributed by atoms with Gasteiger partial charge in [-0.25, -0.2) is 18.8 Å². The van der Waals surface area contributed by atoms with E-state index < -0.39 is 41.0 Å². The van der Waals surface area contributed by atoms with Gasteiger partial charge in [-0.05, 0) is 64.7 Å². The highest BCUT2D eigenvalue weighted by Crippen LogP contribution is 2.27. The summed E-state index contributed by atoms with van der Waals surface area (Å²) in [5.74, 6) is -5.36. The fraction of sp³-hybridized carbons (Fsp3) is 0.630. The van der Waals surface area contributed by atoms with Gasteiger partial charge in [0.2, 0.25) is 5.54 Å². The van der Waals surface area contributed by atoms with Crippen LogP contribution in [0.3, 0.4) is 0 Å². The zero-order valence-corrected chi connectivity index (χ0v) is 22.7. The minimum atomic E-state index is -2.10. The molecule has 0 atom stereocenters. The summed E-state index contributed by atoms with van der Waals surface area (Å²) in [7, 11) is 0. The summed E-state index contributed by atoms with van der Waals surface area (Å²) in [6, 6.07) is 3.88. The minimum Gasteiger partial charge on any atom is -0.464 e. The third kappa shape index (κ3) is 7.73. The average Bonchev–Trinajstić information content (AvgIpc) is 2.88. The number of amides is 1. The number of benzene rings is 1. The minimum absolute atomic E-state index is 0.0228. The van der Waals surface area contributed by atoms with Gasteiger partial charge >= 0.3 is 17.9 Å². The maximum atomic E-state index is 14.1. The van der Waals surface area contributed by atoms with Gasteiger partial charge in [-0.1, -0.05) is 12.5 Å². The molecule has 2 rings (SSSR count). The van der Waals surface area contributed by atoms with Crippen LogP contribution in [0.4, 0.5) is 4.39 Å². The molecule has 1 aliphatic heterocycles. The summed E-state index contributed by atoms with van der Waals surface area (Å²) >= 11 is 0. The van der Waals surface area contributed by atoms with Crippen LogP contribution in [0.25, 0.3) is 0 Å². The van der Waals surface area contributed by atoms with Gasteiger partial charge in [0, 0.05) is 18.4 Å². The second kappa shape index (κ2) is 14.2. The lowest BCUT2D eigenvalue weighted by Gasteiger charge is -2.35. The topological polar surface area (TPSA) is 126 Å². The fourth-order valence-corrected chi connectivity index (χ4v) is 3.97. The number of hydrogen-bond acceptors (Lipinski definition) is 9. The van der Waals surface area contributed by atoms with Crippen LogP contribution in [0, 0.1) is 18.7 Å². The van der Waals surface area contributed by atoms with Crippen molar-refractivity contribution in [2.75, 3.05) is 33.0 Å². The fourth-order valence-electron chi connectivity index (χ4n) is 3.97. The van der Waals surface area contributed by atoms with E-state index in [0.717, 1.165) is 6.07 Å². The molecule has 38 heavy (non-hydrogen) atoms. The highest BCUT2D eigenvalue weighted by molar-refractivity contribution is 6.10. The zero-order chi connectivity index (χ0) is 28.3. The Morgan fingerprint density at radius 3 is 2.11 bits per heavy atom. The van der Waals surface area contributed by atoms with Crippen molar-refractivity contribution in [1.29, 1.82) is 0 Å². The van der Waals surface area contributed by atoms with Crippen LogP contribution >= 0.6 is 0 Å². The standard InChI is InChI=1S/C27H38FNO9/c1-6-34-23(31)26(5)37-16-19(17-38-26)11-9-10-14-27(24(32)35-7-2,25(33)36-8-3)29-22(30)20-13-12-18(4)21(28)15-20/h12-13,15,19H,6-11,14,16-17H2,1-5H3,(H,29,30)/t19-,26+. The predicted molar refractivity (Wildman–Crippen MR) is 134 cm³/mol. The highest BCUT2D eigenvalue weighted by Gasteiger charge is 2.50. The molecule has 0 spiro atoms. The zero-order valence-electron chi connectivity index (χ0n) is 22.7. The first-order valence-electron chi connectivity index (χ1n) is 12.9. The summed E-state index contributed by atoms with van der Waals surface area (Å²) in [6.07, 6.45) is 1.40. The van der Waals surface area contributed by atoms with Gasteiger partial charge in [0.1, 0.15) is 5.82 Å². The first-order chi connectivity index (χ1) is 18.0. The van der Waals surface area contributed by atoms with Crippen LogP contribution in [0.1, 0.15) is 69.3 Å². The number of carbonyl (C=O) groups excluding carboxylic acids is 4. The van der Waals surface area contributed by atoms with Crippen LogP contribution in [0.2, 0.25) is 0 Å². The smallest absolute Gasteiger partial charge is 0.366 e. The Kier molecular flexibility index (Phi) is 11.6. The molecule has 1 heterocycles. The molecule has 212 valence electrons. The first kappa shape index (κ1) is 31.2. The van der Waals surface area contributed by atoms with Gasteiger partial charge in [-0.15, -0.1) is 0 Å². The number of halogens is 1. The number of aryl methyl sites for hydroxylation is 1. The maximum absolute atomic E-state index is 14.1. The Balaban J connectivity index is 2.11. The van der Waals surface area contributed by atoms with E-state index in [9.17, 15) is 23.6 Å². The molecule has 1 fully saturated rings. The van der Waals surface area contributed by atoms with E-state index in [4.69, 9.17) is 23.7 Å². The molecule has 10 nitrogen and oxygen atoms in total. The first-order valence-corrected chi connectivity index (χ1v) is 12.9. The average molecular weight is 540 g/mol. The summed E-state index contributed by atoms with van der Waals surface area (Å²) in [4.78, 5) is 51.2. The van der Waals surface area contributed by atoms with E-state index in [1.54, 1.807) is 27.7 Å². The van der Waals surface area contributed by atoms with Crippen molar-refractivity contribution >= 4 is 23.8 Å². The van der Waals surface area contributed by atoms with E-state index in [0.29, 0.717) is 24.8 Å². The Bertz CT molecular complexity index is 971. The Hall–Kier alpha value is -3.05. The lowest BCUT2D eigenvalue weighted by Crippen LogP contribution is -2.61. The largest absolute Gasteiger partial charge is 0.464 e. The van der Waals surface area contributed by atoms with Crippen LogP contribution in [-0.2, 0) is 38.1 Å². The number of carbonyl (C=O) groups is 4. The number of esters is 3. The molecule has 0 saturated carbocycles. The molecule has 0 radical (unpaired) electrons. The van der Waals surface area contributed by atoms with Gasteiger partial charge in [0.25, 0.3) is 11.7 Å². The van der Waals surface area contributed by atoms with Crippen LogP contribution in [0.5, 0.6) is 0 Å². The molecule has 11 heteroatoms. The van der Waals surface area contributed by atoms with Gasteiger partial charge in [-0.2, -0.15) is 0 Å². The maximum Gasteiger partial charge on any atom is 0.366 e. The second-order valence-electron chi connectivity index (χ2n) is 9.16. The van der Waals surface area contributed by atoms with Gasteiger partial charge in [0.05, 0.1) is 33.0 Å². The number of rotatable bonds is 13. The van der Waals surface area contributed by atoms with Crippen molar-refractivity contribution in [3.05, 3.63) is 35.1 Å². The van der Waals surface area contributed by atoms with E-state index in [1.807, 2.05) is 0 Å². The van der Waals surface area contributed by atoms with Crippen molar-refractivity contribution < 1.29 is 47.3 Å². The molecular weight excluding hydrogens is 501 g/mol. The third-order valence-corrected chi connectivity index (χ3v) is 6.26. The summed E-state index contributed by atoms with van der Waals surface area (Å²) in [6.45, 7) is 8.63. The monoisotopic (exact) mass is 539 g/mol. The van der Waals surface area contributed by atoms with E-state index in [1.165, 1.54) is 19.1 Å². The molecule has 1 aromatic carbocycles. The van der Waals surface area contributed by atoms with E-state index in [-0.39, 0.29) is 50.9 Å². The summed E-state index contributed by atoms with van der Waals surface area (Å²) < 4.78 is 40.6. The molecule has 1 aromatic rings.